The number of nitro groups is 1. The number of unbranched alkanes of at least 4 members (excludes halogenated alkanes) is 1. The van der Waals surface area contributed by atoms with E-state index >= 15 is 0 Å². The van der Waals surface area contributed by atoms with Crippen molar-refractivity contribution in [3.8, 4) is 0 Å². The fraction of sp³-hybridized carbons (Fsp3) is 0.417. The minimum Gasteiger partial charge on any atom is -0.461 e. The highest BCUT2D eigenvalue weighted by atomic mass is 16.6. The van der Waals surface area contributed by atoms with Crippen LogP contribution in [0.4, 0.5) is 5.69 Å². The van der Waals surface area contributed by atoms with Gasteiger partial charge in [0.05, 0.1) is 4.92 Å². The highest BCUT2D eigenvalue weighted by Crippen LogP contribution is 2.12. The van der Waals surface area contributed by atoms with Gasteiger partial charge in [-0.15, -0.1) is 0 Å². The Hall–Kier alpha value is -1.91. The van der Waals surface area contributed by atoms with Crippen molar-refractivity contribution in [1.29, 1.82) is 0 Å². The van der Waals surface area contributed by atoms with Gasteiger partial charge < -0.3 is 4.74 Å². The smallest absolute Gasteiger partial charge is 0.306 e. The molecule has 5 nitrogen and oxygen atoms in total. The number of hydrogen-bond donors (Lipinski definition) is 0. The number of carbonyl (C=O) groups excluding carboxylic acids is 1. The van der Waals surface area contributed by atoms with Crippen LogP contribution in [0.1, 0.15) is 31.7 Å². The average Bonchev–Trinajstić information content (AvgIpc) is 2.34. The number of carbonyl (C=O) groups is 1. The largest absolute Gasteiger partial charge is 0.461 e. The molecule has 0 aliphatic carbocycles. The molecule has 0 unspecified atom stereocenters. The van der Waals surface area contributed by atoms with Gasteiger partial charge >= 0.3 is 5.97 Å². The van der Waals surface area contributed by atoms with Crippen molar-refractivity contribution in [1.82, 2.24) is 0 Å². The van der Waals surface area contributed by atoms with E-state index in [1.165, 1.54) is 12.1 Å². The highest BCUT2D eigenvalue weighted by molar-refractivity contribution is 5.69. The van der Waals surface area contributed by atoms with Gasteiger partial charge in [-0.1, -0.05) is 13.3 Å². The lowest BCUT2D eigenvalue weighted by atomic mass is 10.2. The molecule has 0 fully saturated rings. The zero-order valence-electron chi connectivity index (χ0n) is 9.72. The zero-order chi connectivity index (χ0) is 12.7. The summed E-state index contributed by atoms with van der Waals surface area (Å²) in [6.45, 7) is 2.17. The molecular weight excluding hydrogens is 222 g/mol. The summed E-state index contributed by atoms with van der Waals surface area (Å²) in [5.74, 6) is -0.231. The molecule has 0 atom stereocenters. The molecule has 1 aromatic rings. The van der Waals surface area contributed by atoms with Crippen LogP contribution in [-0.2, 0) is 16.1 Å². The maximum Gasteiger partial charge on any atom is 0.306 e. The van der Waals surface area contributed by atoms with Crippen molar-refractivity contribution in [2.24, 2.45) is 0 Å². The Kier molecular flexibility index (Phi) is 5.13. The first-order chi connectivity index (χ1) is 8.13. The number of esters is 1. The van der Waals surface area contributed by atoms with E-state index in [4.69, 9.17) is 4.74 Å². The standard InChI is InChI=1S/C12H15NO4/c1-2-3-4-12(14)17-9-10-5-7-11(8-6-10)13(15)16/h5-8H,2-4,9H2,1H3. The van der Waals surface area contributed by atoms with Crippen LogP contribution < -0.4 is 0 Å². The fourth-order valence-electron chi connectivity index (χ4n) is 1.27. The summed E-state index contributed by atoms with van der Waals surface area (Å²) in [6.07, 6.45) is 2.19. The van der Waals surface area contributed by atoms with Crippen molar-refractivity contribution in [2.45, 2.75) is 32.8 Å². The molecule has 0 aliphatic heterocycles. The van der Waals surface area contributed by atoms with Crippen LogP contribution in [-0.4, -0.2) is 10.9 Å². The molecule has 17 heavy (non-hydrogen) atoms. The molecule has 0 spiro atoms. The molecule has 0 saturated carbocycles. The Morgan fingerprint density at radius 3 is 2.53 bits per heavy atom. The quantitative estimate of drug-likeness (QED) is 0.433. The van der Waals surface area contributed by atoms with Crippen LogP contribution in [0.5, 0.6) is 0 Å². The Morgan fingerprint density at radius 2 is 2.00 bits per heavy atom. The van der Waals surface area contributed by atoms with Crippen LogP contribution in [0, 0.1) is 10.1 Å². The predicted octanol–water partition coefficient (Wildman–Crippen LogP) is 2.83. The van der Waals surface area contributed by atoms with Crippen molar-refractivity contribution >= 4 is 11.7 Å². The third kappa shape index (κ3) is 4.63. The summed E-state index contributed by atoms with van der Waals surface area (Å²) < 4.78 is 5.02. The molecule has 0 aliphatic rings. The summed E-state index contributed by atoms with van der Waals surface area (Å²) in [6, 6.07) is 5.97. The molecule has 92 valence electrons. The van der Waals surface area contributed by atoms with Gasteiger partial charge in [-0.2, -0.15) is 0 Å². The van der Waals surface area contributed by atoms with E-state index in [9.17, 15) is 14.9 Å². The average molecular weight is 237 g/mol. The summed E-state index contributed by atoms with van der Waals surface area (Å²) >= 11 is 0. The van der Waals surface area contributed by atoms with Crippen LogP contribution in [0.2, 0.25) is 0 Å². The fourth-order valence-corrected chi connectivity index (χ4v) is 1.27. The van der Waals surface area contributed by atoms with E-state index in [1.807, 2.05) is 6.92 Å². The Balaban J connectivity index is 2.42. The SMILES string of the molecule is CCCCC(=O)OCc1ccc([N+](=O)[O-])cc1. The number of non-ortho nitro benzene ring substituents is 1. The third-order valence-electron chi connectivity index (χ3n) is 2.28. The number of ether oxygens (including phenoxy) is 1. The van der Waals surface area contributed by atoms with Gasteiger partial charge in [-0.05, 0) is 24.1 Å². The summed E-state index contributed by atoms with van der Waals surface area (Å²) in [4.78, 5) is 21.2. The van der Waals surface area contributed by atoms with Crippen LogP contribution in [0.25, 0.3) is 0 Å². The van der Waals surface area contributed by atoms with Crippen LogP contribution in [0.3, 0.4) is 0 Å². The van der Waals surface area contributed by atoms with Crippen molar-refractivity contribution in [3.05, 3.63) is 39.9 Å². The molecule has 0 saturated heterocycles. The first-order valence-electron chi connectivity index (χ1n) is 5.52. The Labute approximate surface area is 99.5 Å². The second-order valence-corrected chi connectivity index (χ2v) is 3.69. The maximum absolute atomic E-state index is 11.2. The van der Waals surface area contributed by atoms with Crippen LogP contribution >= 0.6 is 0 Å². The van der Waals surface area contributed by atoms with Crippen molar-refractivity contribution < 1.29 is 14.5 Å². The van der Waals surface area contributed by atoms with Gasteiger partial charge in [0.25, 0.3) is 5.69 Å². The van der Waals surface area contributed by atoms with Crippen LogP contribution in [0.15, 0.2) is 24.3 Å². The van der Waals surface area contributed by atoms with Crippen molar-refractivity contribution in [2.75, 3.05) is 0 Å². The first kappa shape index (κ1) is 13.2. The lowest BCUT2D eigenvalue weighted by Crippen LogP contribution is -2.04. The minimum atomic E-state index is -0.461. The molecule has 0 amide bonds. The lowest BCUT2D eigenvalue weighted by molar-refractivity contribution is -0.384. The number of benzene rings is 1. The van der Waals surface area contributed by atoms with Gasteiger partial charge in [0.1, 0.15) is 6.61 Å². The van der Waals surface area contributed by atoms with E-state index in [0.717, 1.165) is 18.4 Å². The second-order valence-electron chi connectivity index (χ2n) is 3.69. The Bertz CT molecular complexity index is 386. The molecule has 0 aromatic heterocycles. The second kappa shape index (κ2) is 6.62. The summed E-state index contributed by atoms with van der Waals surface area (Å²) in [5, 5.41) is 10.4. The first-order valence-corrected chi connectivity index (χ1v) is 5.52. The molecular formula is C12H15NO4. The molecule has 0 heterocycles. The van der Waals surface area contributed by atoms with Gasteiger partial charge in [-0.3, -0.25) is 14.9 Å². The molecule has 0 radical (unpaired) electrons. The van der Waals surface area contributed by atoms with E-state index in [0.29, 0.717) is 6.42 Å². The Morgan fingerprint density at radius 1 is 1.35 bits per heavy atom. The molecule has 1 aromatic carbocycles. The topological polar surface area (TPSA) is 69.4 Å². The van der Waals surface area contributed by atoms with E-state index in [1.54, 1.807) is 12.1 Å². The lowest BCUT2D eigenvalue weighted by Gasteiger charge is -2.04. The third-order valence-corrected chi connectivity index (χ3v) is 2.28. The summed E-state index contributed by atoms with van der Waals surface area (Å²) in [5.41, 5.74) is 0.784. The zero-order valence-corrected chi connectivity index (χ0v) is 9.72. The summed E-state index contributed by atoms with van der Waals surface area (Å²) in [7, 11) is 0. The molecule has 5 heteroatoms. The number of rotatable bonds is 6. The van der Waals surface area contributed by atoms with Crippen molar-refractivity contribution in [3.63, 3.8) is 0 Å². The normalized spacial score (nSPS) is 9.94. The van der Waals surface area contributed by atoms with Gasteiger partial charge in [0, 0.05) is 18.6 Å². The number of hydrogen-bond acceptors (Lipinski definition) is 4. The predicted molar refractivity (Wildman–Crippen MR) is 62.4 cm³/mol. The van der Waals surface area contributed by atoms with E-state index < -0.39 is 4.92 Å². The van der Waals surface area contributed by atoms with Gasteiger partial charge in [0.2, 0.25) is 0 Å². The number of nitro benzene ring substituents is 1. The molecule has 1 rings (SSSR count). The number of nitrogens with zero attached hydrogens (tertiary/aromatic N) is 1. The van der Waals surface area contributed by atoms with E-state index in [-0.39, 0.29) is 18.3 Å². The molecule has 0 bridgehead atoms. The minimum absolute atomic E-state index is 0.0334. The van der Waals surface area contributed by atoms with Gasteiger partial charge in [-0.25, -0.2) is 0 Å². The monoisotopic (exact) mass is 237 g/mol. The van der Waals surface area contributed by atoms with Gasteiger partial charge in [0.15, 0.2) is 0 Å². The van der Waals surface area contributed by atoms with E-state index in [2.05, 4.69) is 0 Å². The molecule has 0 N–H and O–H groups in total. The maximum atomic E-state index is 11.2. The highest BCUT2D eigenvalue weighted by Gasteiger charge is 2.06.